The lowest BCUT2D eigenvalue weighted by Crippen LogP contribution is -2.36. The number of halogens is 1. The number of ether oxygens (including phenoxy) is 2. The molecule has 1 heterocycles. The number of benzene rings is 2. The van der Waals surface area contributed by atoms with Crippen LogP contribution < -0.4 is 15.0 Å². The Bertz CT molecular complexity index is 773. The van der Waals surface area contributed by atoms with E-state index in [2.05, 4.69) is 33.1 Å². The second-order valence-corrected chi connectivity index (χ2v) is 7.44. The molecule has 0 radical (unpaired) electrons. The van der Waals surface area contributed by atoms with E-state index in [4.69, 9.17) is 9.47 Å². The van der Waals surface area contributed by atoms with Gasteiger partial charge in [-0.1, -0.05) is 6.92 Å². The van der Waals surface area contributed by atoms with Gasteiger partial charge in [-0.2, -0.15) is 0 Å². The van der Waals surface area contributed by atoms with Crippen molar-refractivity contribution in [1.29, 1.82) is 0 Å². The summed E-state index contributed by atoms with van der Waals surface area (Å²) in [5.41, 5.74) is 2.46. The van der Waals surface area contributed by atoms with Gasteiger partial charge in [0.05, 0.1) is 25.0 Å². The van der Waals surface area contributed by atoms with Crippen molar-refractivity contribution in [2.45, 2.75) is 26.4 Å². The molecular weight excluding hydrogens is 408 g/mol. The molecule has 1 saturated heterocycles. The van der Waals surface area contributed by atoms with Crippen molar-refractivity contribution in [2.24, 2.45) is 0 Å². The van der Waals surface area contributed by atoms with Crippen LogP contribution in [0.5, 0.6) is 5.75 Å². The van der Waals surface area contributed by atoms with Gasteiger partial charge in [-0.25, -0.2) is 0 Å². The summed E-state index contributed by atoms with van der Waals surface area (Å²) in [6.07, 6.45) is 1.10. The first-order valence-corrected chi connectivity index (χ1v) is 10.1. The second-order valence-electron chi connectivity index (χ2n) is 6.58. The average molecular weight is 433 g/mol. The number of rotatable bonds is 6. The minimum Gasteiger partial charge on any atom is -0.491 e. The van der Waals surface area contributed by atoms with E-state index < -0.39 is 0 Å². The lowest BCUT2D eigenvalue weighted by Gasteiger charge is -2.29. The Morgan fingerprint density at radius 3 is 2.56 bits per heavy atom. The third-order valence-corrected chi connectivity index (χ3v) is 5.22. The van der Waals surface area contributed by atoms with Crippen molar-refractivity contribution in [2.75, 3.05) is 36.5 Å². The SMILES string of the molecule is CC[C@H](C)Oc1ccc(C(=O)Nc2ccc(N3CCOCC3)c(Br)c2)cc1. The van der Waals surface area contributed by atoms with E-state index in [0.717, 1.165) is 54.3 Å². The fraction of sp³-hybridized carbons (Fsp3) is 0.381. The fourth-order valence-corrected chi connectivity index (χ4v) is 3.48. The molecule has 1 aliphatic rings. The van der Waals surface area contributed by atoms with Crippen LogP contribution in [0.2, 0.25) is 0 Å². The number of hydrogen-bond donors (Lipinski definition) is 1. The molecule has 0 aromatic heterocycles. The molecule has 5 nitrogen and oxygen atoms in total. The normalized spacial score (nSPS) is 15.3. The van der Waals surface area contributed by atoms with Crippen LogP contribution in [0.1, 0.15) is 30.6 Å². The monoisotopic (exact) mass is 432 g/mol. The molecule has 27 heavy (non-hydrogen) atoms. The van der Waals surface area contributed by atoms with Crippen LogP contribution >= 0.6 is 15.9 Å². The molecule has 1 aliphatic heterocycles. The Balaban J connectivity index is 1.64. The highest BCUT2D eigenvalue weighted by Crippen LogP contribution is 2.30. The molecular formula is C21H25BrN2O3. The van der Waals surface area contributed by atoms with Gasteiger partial charge in [-0.05, 0) is 71.7 Å². The molecule has 0 unspecified atom stereocenters. The van der Waals surface area contributed by atoms with E-state index in [0.29, 0.717) is 5.56 Å². The first kappa shape index (κ1) is 19.7. The van der Waals surface area contributed by atoms with Crippen LogP contribution in [0, 0.1) is 0 Å². The van der Waals surface area contributed by atoms with Crippen LogP contribution in [0.25, 0.3) is 0 Å². The molecule has 0 bridgehead atoms. The fourth-order valence-electron chi connectivity index (χ4n) is 2.85. The zero-order valence-corrected chi connectivity index (χ0v) is 17.3. The number of morpholine rings is 1. The summed E-state index contributed by atoms with van der Waals surface area (Å²) in [7, 11) is 0. The number of nitrogens with one attached hydrogen (secondary N) is 1. The van der Waals surface area contributed by atoms with Crippen LogP contribution in [0.15, 0.2) is 46.9 Å². The van der Waals surface area contributed by atoms with Gasteiger partial charge in [0.1, 0.15) is 5.75 Å². The van der Waals surface area contributed by atoms with E-state index in [1.807, 2.05) is 37.3 Å². The maximum absolute atomic E-state index is 12.5. The Labute approximate surface area is 168 Å². The predicted molar refractivity (Wildman–Crippen MR) is 112 cm³/mol. The number of carbonyl (C=O) groups is 1. The van der Waals surface area contributed by atoms with Gasteiger partial charge >= 0.3 is 0 Å². The van der Waals surface area contributed by atoms with Gasteiger partial charge in [0, 0.05) is 28.8 Å². The number of amides is 1. The van der Waals surface area contributed by atoms with E-state index in [9.17, 15) is 4.79 Å². The second kappa shape index (κ2) is 9.24. The molecule has 1 fully saturated rings. The molecule has 1 atom stereocenters. The average Bonchev–Trinajstić information content (AvgIpc) is 2.69. The molecule has 6 heteroatoms. The molecule has 144 valence electrons. The van der Waals surface area contributed by atoms with Gasteiger partial charge in [-0.3, -0.25) is 4.79 Å². The summed E-state index contributed by atoms with van der Waals surface area (Å²) < 4.78 is 12.1. The van der Waals surface area contributed by atoms with Crippen molar-refractivity contribution in [3.05, 3.63) is 52.5 Å². The highest BCUT2D eigenvalue weighted by molar-refractivity contribution is 9.10. The summed E-state index contributed by atoms with van der Waals surface area (Å²) in [6, 6.07) is 13.1. The number of nitrogens with zero attached hydrogens (tertiary/aromatic N) is 1. The molecule has 0 aliphatic carbocycles. The van der Waals surface area contributed by atoms with Gasteiger partial charge in [0.15, 0.2) is 0 Å². The van der Waals surface area contributed by atoms with Crippen LogP contribution in [0.4, 0.5) is 11.4 Å². The quantitative estimate of drug-likeness (QED) is 0.717. The number of carbonyl (C=O) groups excluding carboxylic acids is 1. The van der Waals surface area contributed by atoms with E-state index >= 15 is 0 Å². The van der Waals surface area contributed by atoms with Crippen LogP contribution in [-0.2, 0) is 4.74 Å². The van der Waals surface area contributed by atoms with Crippen molar-refractivity contribution in [1.82, 2.24) is 0 Å². The summed E-state index contributed by atoms with van der Waals surface area (Å²) in [5.74, 6) is 0.634. The summed E-state index contributed by atoms with van der Waals surface area (Å²) in [6.45, 7) is 7.32. The number of hydrogen-bond acceptors (Lipinski definition) is 4. The maximum Gasteiger partial charge on any atom is 0.255 e. The zero-order valence-electron chi connectivity index (χ0n) is 15.7. The Morgan fingerprint density at radius 2 is 1.93 bits per heavy atom. The molecule has 2 aromatic carbocycles. The minimum atomic E-state index is -0.142. The molecule has 1 N–H and O–H groups in total. The van der Waals surface area contributed by atoms with Gasteiger partial charge in [0.2, 0.25) is 0 Å². The molecule has 1 amide bonds. The largest absolute Gasteiger partial charge is 0.491 e. The van der Waals surface area contributed by atoms with Crippen molar-refractivity contribution in [3.8, 4) is 5.75 Å². The van der Waals surface area contributed by atoms with Crippen molar-refractivity contribution in [3.63, 3.8) is 0 Å². The van der Waals surface area contributed by atoms with Crippen LogP contribution in [-0.4, -0.2) is 38.3 Å². The smallest absolute Gasteiger partial charge is 0.255 e. The van der Waals surface area contributed by atoms with Gasteiger partial charge < -0.3 is 19.7 Å². The first-order valence-electron chi connectivity index (χ1n) is 9.27. The first-order chi connectivity index (χ1) is 13.1. The van der Waals surface area contributed by atoms with Gasteiger partial charge in [-0.15, -0.1) is 0 Å². The third kappa shape index (κ3) is 5.23. The highest BCUT2D eigenvalue weighted by Gasteiger charge is 2.15. The molecule has 2 aromatic rings. The van der Waals surface area contributed by atoms with Crippen molar-refractivity contribution < 1.29 is 14.3 Å². The Morgan fingerprint density at radius 1 is 1.22 bits per heavy atom. The predicted octanol–water partition coefficient (Wildman–Crippen LogP) is 4.72. The lowest BCUT2D eigenvalue weighted by atomic mass is 10.2. The van der Waals surface area contributed by atoms with Crippen LogP contribution in [0.3, 0.4) is 0 Å². The summed E-state index contributed by atoms with van der Waals surface area (Å²) in [4.78, 5) is 14.8. The summed E-state index contributed by atoms with van der Waals surface area (Å²) >= 11 is 3.62. The van der Waals surface area contributed by atoms with E-state index in [1.165, 1.54) is 0 Å². The standard InChI is InChI=1S/C21H25BrN2O3/c1-3-15(2)27-18-7-4-16(5-8-18)21(25)23-17-6-9-20(19(22)14-17)24-10-12-26-13-11-24/h4-9,14-15H,3,10-13H2,1-2H3,(H,23,25)/t15-/m0/s1. The lowest BCUT2D eigenvalue weighted by molar-refractivity contribution is 0.102. The molecule has 0 saturated carbocycles. The zero-order chi connectivity index (χ0) is 19.2. The number of anilines is 2. The Hall–Kier alpha value is -2.05. The maximum atomic E-state index is 12.5. The third-order valence-electron chi connectivity index (χ3n) is 4.59. The summed E-state index contributed by atoms with van der Waals surface area (Å²) in [5, 5.41) is 2.95. The van der Waals surface area contributed by atoms with E-state index in [1.54, 1.807) is 12.1 Å². The topological polar surface area (TPSA) is 50.8 Å². The molecule has 0 spiro atoms. The highest BCUT2D eigenvalue weighted by atomic mass is 79.9. The van der Waals surface area contributed by atoms with Crippen molar-refractivity contribution >= 4 is 33.2 Å². The minimum absolute atomic E-state index is 0.142. The van der Waals surface area contributed by atoms with E-state index in [-0.39, 0.29) is 12.0 Å². The Kier molecular flexibility index (Phi) is 6.74. The van der Waals surface area contributed by atoms with Gasteiger partial charge in [0.25, 0.3) is 5.91 Å². The molecule has 3 rings (SSSR count).